The van der Waals surface area contributed by atoms with Crippen LogP contribution < -0.4 is 10.2 Å². The molecule has 0 radical (unpaired) electrons. The topological polar surface area (TPSA) is 59.4 Å². The number of hydrogen-bond donors (Lipinski definition) is 1. The van der Waals surface area contributed by atoms with Gasteiger partial charge in [0.05, 0.1) is 16.8 Å². The van der Waals surface area contributed by atoms with Gasteiger partial charge in [0.25, 0.3) is 0 Å². The summed E-state index contributed by atoms with van der Waals surface area (Å²) >= 11 is 5.92. The molecule has 30 heavy (non-hydrogen) atoms. The molecule has 0 aromatic heterocycles. The summed E-state index contributed by atoms with van der Waals surface area (Å²) in [5.41, 5.74) is 0.607. The largest absolute Gasteiger partial charge is 0.367 e. The first-order valence-electron chi connectivity index (χ1n) is 11.1. The molecule has 1 aliphatic carbocycles. The lowest BCUT2D eigenvalue weighted by Crippen LogP contribution is -2.47. The molecule has 0 bridgehead atoms. The number of carbonyl (C=O) groups excluding carboxylic acids is 1. The van der Waals surface area contributed by atoms with Gasteiger partial charge in [0.2, 0.25) is 5.91 Å². The second kappa shape index (κ2) is 11.5. The summed E-state index contributed by atoms with van der Waals surface area (Å²) in [6, 6.07) is 7.57. The minimum Gasteiger partial charge on any atom is -0.367 e. The monoisotopic (exact) mass is 434 g/mol. The molecule has 5 nitrogen and oxygen atoms in total. The first-order chi connectivity index (χ1) is 14.6. The van der Waals surface area contributed by atoms with Crippen LogP contribution in [0.4, 0.5) is 10.1 Å². The Kier molecular flexibility index (Phi) is 8.77. The van der Waals surface area contributed by atoms with Crippen LogP contribution in [0.5, 0.6) is 0 Å². The lowest BCUT2D eigenvalue weighted by atomic mass is 9.84. The molecule has 7 heteroatoms. The van der Waals surface area contributed by atoms with Crippen molar-refractivity contribution in [2.75, 3.05) is 37.6 Å². The molecule has 1 aromatic rings. The Labute approximate surface area is 184 Å². The molecular weight excluding hydrogens is 403 g/mol. The number of amides is 1. The lowest BCUT2D eigenvalue weighted by molar-refractivity contribution is -0.122. The van der Waals surface area contributed by atoms with Gasteiger partial charge >= 0.3 is 0 Å². The van der Waals surface area contributed by atoms with Crippen molar-refractivity contribution in [2.24, 2.45) is 5.92 Å². The van der Waals surface area contributed by atoms with Gasteiger partial charge in [-0.15, -0.1) is 0 Å². The van der Waals surface area contributed by atoms with Crippen LogP contribution in [-0.2, 0) is 4.79 Å². The lowest BCUT2D eigenvalue weighted by Gasteiger charge is -2.37. The average Bonchev–Trinajstić information content (AvgIpc) is 2.76. The molecule has 164 valence electrons. The number of halogens is 2. The minimum absolute atomic E-state index is 0.0858. The number of unbranched alkanes of at least 4 members (excludes halogenated alkanes) is 1. The molecule has 1 N–H and O–H groups in total. The summed E-state index contributed by atoms with van der Waals surface area (Å²) in [6.45, 7) is 4.62. The summed E-state index contributed by atoms with van der Waals surface area (Å²) < 4.78 is 14.2. The maximum absolute atomic E-state index is 14.2. The zero-order valence-corrected chi connectivity index (χ0v) is 18.3. The molecule has 3 rings (SSSR count). The van der Waals surface area contributed by atoms with Crippen LogP contribution in [0.15, 0.2) is 18.2 Å². The number of carbonyl (C=O) groups is 1. The van der Waals surface area contributed by atoms with Crippen LogP contribution in [-0.4, -0.2) is 49.6 Å². The van der Waals surface area contributed by atoms with Crippen molar-refractivity contribution in [2.45, 2.75) is 57.4 Å². The zero-order valence-electron chi connectivity index (χ0n) is 17.6. The summed E-state index contributed by atoms with van der Waals surface area (Å²) in [5, 5.41) is 11.9. The molecule has 1 amide bonds. The van der Waals surface area contributed by atoms with Crippen molar-refractivity contribution < 1.29 is 9.18 Å². The second-order valence-corrected chi connectivity index (χ2v) is 8.89. The molecule has 1 heterocycles. The zero-order chi connectivity index (χ0) is 21.3. The van der Waals surface area contributed by atoms with Crippen molar-refractivity contribution in [1.82, 2.24) is 10.2 Å². The highest BCUT2D eigenvalue weighted by atomic mass is 35.5. The maximum atomic E-state index is 14.2. The van der Waals surface area contributed by atoms with Gasteiger partial charge in [-0.1, -0.05) is 17.7 Å². The Morgan fingerprint density at radius 2 is 1.93 bits per heavy atom. The van der Waals surface area contributed by atoms with Crippen LogP contribution >= 0.6 is 11.6 Å². The van der Waals surface area contributed by atoms with Crippen LogP contribution in [0, 0.1) is 23.1 Å². The third kappa shape index (κ3) is 6.58. The molecule has 1 aliphatic heterocycles. The third-order valence-electron chi connectivity index (χ3n) is 6.40. The van der Waals surface area contributed by atoms with Gasteiger partial charge in [0.15, 0.2) is 5.82 Å². The van der Waals surface area contributed by atoms with E-state index >= 15 is 0 Å². The summed E-state index contributed by atoms with van der Waals surface area (Å²) in [6.07, 6.45) is 7.17. The van der Waals surface area contributed by atoms with Crippen LogP contribution in [0.25, 0.3) is 0 Å². The molecule has 0 unspecified atom stereocenters. The van der Waals surface area contributed by atoms with Gasteiger partial charge in [0, 0.05) is 45.1 Å². The van der Waals surface area contributed by atoms with Crippen molar-refractivity contribution in [3.05, 3.63) is 29.0 Å². The highest BCUT2D eigenvalue weighted by Gasteiger charge is 2.24. The molecular formula is C23H32ClFN4O. The summed E-state index contributed by atoms with van der Waals surface area (Å²) in [7, 11) is 0. The van der Waals surface area contributed by atoms with Gasteiger partial charge in [-0.25, -0.2) is 4.39 Å². The number of nitrogens with one attached hydrogen (secondary N) is 1. The Hall–Kier alpha value is -1.84. The van der Waals surface area contributed by atoms with E-state index in [4.69, 9.17) is 16.9 Å². The predicted molar refractivity (Wildman–Crippen MR) is 118 cm³/mol. The van der Waals surface area contributed by atoms with E-state index in [0.717, 1.165) is 64.3 Å². The average molecular weight is 435 g/mol. The Bertz CT molecular complexity index is 737. The smallest absolute Gasteiger partial charge is 0.220 e. The molecule has 0 atom stereocenters. The predicted octanol–water partition coefficient (Wildman–Crippen LogP) is 4.36. The van der Waals surface area contributed by atoms with Gasteiger partial charge in [0.1, 0.15) is 0 Å². The molecule has 1 saturated carbocycles. The standard InChI is InChI=1S/C23H32ClFN4O/c24-20-4-3-5-21(23(20)25)29-16-14-28(15-17-29)13-11-18-7-9-19(10-8-18)27-22(30)6-1-2-12-26/h3-5,18-19H,1-2,6-11,13-17H2,(H,27,30)/t18-,19-. The Balaban J connectivity index is 1.32. The van der Waals surface area contributed by atoms with Crippen molar-refractivity contribution in [3.63, 3.8) is 0 Å². The fraction of sp³-hybridized carbons (Fsp3) is 0.652. The van der Waals surface area contributed by atoms with E-state index in [2.05, 4.69) is 21.2 Å². The Morgan fingerprint density at radius 3 is 2.63 bits per heavy atom. The van der Waals surface area contributed by atoms with Gasteiger partial charge in [-0.05, 0) is 63.1 Å². The number of rotatable bonds is 8. The third-order valence-corrected chi connectivity index (χ3v) is 6.69. The highest BCUT2D eigenvalue weighted by Crippen LogP contribution is 2.29. The SMILES string of the molecule is N#CCCCC(=O)N[C@H]1CC[C@H](CCN2CCN(c3cccc(Cl)c3F)CC2)CC1. The number of anilines is 1. The van der Waals surface area contributed by atoms with E-state index in [1.54, 1.807) is 18.2 Å². The number of benzene rings is 1. The van der Waals surface area contributed by atoms with Gasteiger partial charge < -0.3 is 10.2 Å². The van der Waals surface area contributed by atoms with Crippen molar-refractivity contribution in [3.8, 4) is 6.07 Å². The fourth-order valence-corrected chi connectivity index (χ4v) is 4.71. The molecule has 1 saturated heterocycles. The second-order valence-electron chi connectivity index (χ2n) is 8.49. The van der Waals surface area contributed by atoms with Crippen molar-refractivity contribution in [1.29, 1.82) is 5.26 Å². The maximum Gasteiger partial charge on any atom is 0.220 e. The summed E-state index contributed by atoms with van der Waals surface area (Å²) in [5.74, 6) is 0.490. The normalized spacial score (nSPS) is 22.5. The minimum atomic E-state index is -0.318. The highest BCUT2D eigenvalue weighted by molar-refractivity contribution is 6.31. The fourth-order valence-electron chi connectivity index (χ4n) is 4.54. The first kappa shape index (κ1) is 22.8. The van der Waals surface area contributed by atoms with Crippen LogP contribution in [0.3, 0.4) is 0 Å². The van der Waals surface area contributed by atoms with E-state index in [9.17, 15) is 9.18 Å². The van der Waals surface area contributed by atoms with E-state index in [-0.39, 0.29) is 16.7 Å². The van der Waals surface area contributed by atoms with E-state index in [1.165, 1.54) is 6.42 Å². The molecule has 1 aromatic carbocycles. The van der Waals surface area contributed by atoms with E-state index in [0.29, 0.717) is 31.0 Å². The Morgan fingerprint density at radius 1 is 1.20 bits per heavy atom. The number of hydrogen-bond acceptors (Lipinski definition) is 4. The van der Waals surface area contributed by atoms with Gasteiger partial charge in [-0.3, -0.25) is 9.69 Å². The molecule has 2 aliphatic rings. The van der Waals surface area contributed by atoms with Gasteiger partial charge in [-0.2, -0.15) is 5.26 Å². The first-order valence-corrected chi connectivity index (χ1v) is 11.5. The molecule has 2 fully saturated rings. The van der Waals surface area contributed by atoms with Crippen LogP contribution in [0.1, 0.15) is 51.4 Å². The number of piperazine rings is 1. The number of nitrogens with zero attached hydrogens (tertiary/aromatic N) is 3. The van der Waals surface area contributed by atoms with E-state index < -0.39 is 0 Å². The number of nitriles is 1. The summed E-state index contributed by atoms with van der Waals surface area (Å²) in [4.78, 5) is 16.5. The van der Waals surface area contributed by atoms with E-state index in [1.807, 2.05) is 0 Å². The van der Waals surface area contributed by atoms with Crippen LogP contribution in [0.2, 0.25) is 5.02 Å². The molecule has 0 spiro atoms. The van der Waals surface area contributed by atoms with Crippen molar-refractivity contribution >= 4 is 23.2 Å². The quantitative estimate of drug-likeness (QED) is 0.617.